The minimum atomic E-state index is -5.08. The molecule has 1 aromatic heterocycles. The maximum atomic E-state index is 12.9. The molecule has 0 radical (unpaired) electrons. The molecule has 0 bridgehead atoms. The molecular weight excluding hydrogens is 503 g/mol. The van der Waals surface area contributed by atoms with E-state index in [1.807, 2.05) is 6.07 Å². The lowest BCUT2D eigenvalue weighted by Crippen LogP contribution is -2.28. The minimum Gasteiger partial charge on any atom is -0.475 e. The topological polar surface area (TPSA) is 142 Å². The number of rotatable bonds is 5. The summed E-state index contributed by atoms with van der Waals surface area (Å²) in [5.74, 6) is -2.72. The monoisotopic (exact) mass is 529 g/mol. The number of anilines is 2. The van der Waals surface area contributed by atoms with Crippen molar-refractivity contribution in [3.05, 3.63) is 41.7 Å². The van der Waals surface area contributed by atoms with Crippen molar-refractivity contribution in [1.29, 1.82) is 0 Å². The number of aromatic nitrogens is 2. The molecule has 4 rings (SSSR count). The first kappa shape index (κ1) is 27.3. The lowest BCUT2D eigenvalue weighted by Gasteiger charge is -2.23. The Morgan fingerprint density at radius 3 is 2.58 bits per heavy atom. The van der Waals surface area contributed by atoms with Gasteiger partial charge in [-0.25, -0.2) is 27.9 Å². The molecule has 3 N–H and O–H groups in total. The van der Waals surface area contributed by atoms with Gasteiger partial charge in [0.15, 0.2) is 0 Å². The summed E-state index contributed by atoms with van der Waals surface area (Å²) in [7, 11) is -3.87. The second-order valence-corrected chi connectivity index (χ2v) is 9.84. The van der Waals surface area contributed by atoms with Gasteiger partial charge < -0.3 is 15.3 Å². The summed E-state index contributed by atoms with van der Waals surface area (Å²) in [5, 5.41) is 10.5. The van der Waals surface area contributed by atoms with Gasteiger partial charge in [0, 0.05) is 30.9 Å². The number of nitrogens with one attached hydrogen (secondary N) is 2. The number of nitrogens with zero attached hydrogens (tertiary/aromatic N) is 3. The zero-order valence-electron chi connectivity index (χ0n) is 19.4. The number of halogens is 3. The molecule has 1 atom stereocenters. The molecular formula is C22H26F3N5O5S. The number of carboxylic acids is 1. The molecule has 1 aromatic carbocycles. The molecule has 2 aliphatic heterocycles. The number of benzene rings is 1. The summed E-state index contributed by atoms with van der Waals surface area (Å²) in [6.45, 7) is 3.31. The Bertz CT molecular complexity index is 1220. The summed E-state index contributed by atoms with van der Waals surface area (Å²) >= 11 is 0. The minimum absolute atomic E-state index is 0.0118. The lowest BCUT2D eigenvalue weighted by molar-refractivity contribution is -0.192. The molecule has 1 fully saturated rings. The SMILES string of the molecule is CCC(=O)N1CCc2ccc(S(=O)(=O)Nc3nccc(C4CCCCN4)n3)cc21.O=C(O)C(F)(F)F. The van der Waals surface area contributed by atoms with Gasteiger partial charge in [0.1, 0.15) is 0 Å². The van der Waals surface area contributed by atoms with E-state index in [2.05, 4.69) is 20.0 Å². The Balaban J connectivity index is 0.000000454. The van der Waals surface area contributed by atoms with Gasteiger partial charge in [0.2, 0.25) is 11.9 Å². The van der Waals surface area contributed by atoms with E-state index in [1.54, 1.807) is 36.2 Å². The highest BCUT2D eigenvalue weighted by atomic mass is 32.2. The number of carboxylic acid groups (broad SMARTS) is 1. The van der Waals surface area contributed by atoms with Gasteiger partial charge in [0.25, 0.3) is 10.0 Å². The van der Waals surface area contributed by atoms with Crippen LogP contribution < -0.4 is 14.9 Å². The number of alkyl halides is 3. The molecule has 14 heteroatoms. The first-order valence-electron chi connectivity index (χ1n) is 11.2. The number of piperidine rings is 1. The molecule has 0 saturated carbocycles. The van der Waals surface area contributed by atoms with Crippen LogP contribution in [-0.2, 0) is 26.0 Å². The van der Waals surface area contributed by atoms with Crippen LogP contribution >= 0.6 is 0 Å². The summed E-state index contributed by atoms with van der Waals surface area (Å²) in [6.07, 6.45) is 0.816. The van der Waals surface area contributed by atoms with Gasteiger partial charge in [0.05, 0.1) is 10.6 Å². The van der Waals surface area contributed by atoms with Crippen LogP contribution in [0, 0.1) is 0 Å². The molecule has 1 amide bonds. The predicted molar refractivity (Wildman–Crippen MR) is 124 cm³/mol. The highest BCUT2D eigenvalue weighted by Gasteiger charge is 2.38. The predicted octanol–water partition coefficient (Wildman–Crippen LogP) is 3.02. The molecule has 2 aromatic rings. The van der Waals surface area contributed by atoms with E-state index in [-0.39, 0.29) is 22.8 Å². The molecule has 3 heterocycles. The van der Waals surface area contributed by atoms with Crippen molar-refractivity contribution in [2.45, 2.75) is 56.1 Å². The van der Waals surface area contributed by atoms with E-state index in [4.69, 9.17) is 9.90 Å². The standard InChI is InChI=1S/C20H25N5O3S.C2HF3O2/c1-2-19(26)25-12-9-14-6-7-15(13-18(14)25)29(27,28)24-20-22-11-8-17(23-20)16-5-3-4-10-21-16;3-2(4,5)1(6)7/h6-8,11,13,16,21H,2-5,9-10,12H2,1H3,(H,22,23,24);(H,6,7). The largest absolute Gasteiger partial charge is 0.490 e. The Morgan fingerprint density at radius 1 is 1.25 bits per heavy atom. The Kier molecular flexibility index (Phi) is 8.51. The van der Waals surface area contributed by atoms with Gasteiger partial charge in [-0.1, -0.05) is 19.4 Å². The van der Waals surface area contributed by atoms with Crippen LogP contribution in [0.2, 0.25) is 0 Å². The van der Waals surface area contributed by atoms with Crippen molar-refractivity contribution in [2.75, 3.05) is 22.7 Å². The Labute approximate surface area is 206 Å². The maximum absolute atomic E-state index is 12.9. The summed E-state index contributed by atoms with van der Waals surface area (Å²) < 4.78 is 60.1. The highest BCUT2D eigenvalue weighted by molar-refractivity contribution is 7.92. The number of carbonyl (C=O) groups excluding carboxylic acids is 1. The van der Waals surface area contributed by atoms with Gasteiger partial charge in [-0.2, -0.15) is 13.2 Å². The third-order valence-corrected chi connectivity index (χ3v) is 7.00. The smallest absolute Gasteiger partial charge is 0.475 e. The number of hydrogen-bond donors (Lipinski definition) is 3. The van der Waals surface area contributed by atoms with E-state index in [1.165, 1.54) is 0 Å². The van der Waals surface area contributed by atoms with Crippen LogP contribution in [0.4, 0.5) is 24.8 Å². The second-order valence-electron chi connectivity index (χ2n) is 8.16. The Morgan fingerprint density at radius 2 is 1.97 bits per heavy atom. The summed E-state index contributed by atoms with van der Waals surface area (Å²) in [5.41, 5.74) is 2.43. The number of hydrogen-bond acceptors (Lipinski definition) is 7. The van der Waals surface area contributed by atoms with Crippen LogP contribution in [0.5, 0.6) is 0 Å². The quantitative estimate of drug-likeness (QED) is 0.537. The summed E-state index contributed by atoms with van der Waals surface area (Å²) in [4.78, 5) is 31.3. The first-order chi connectivity index (χ1) is 16.9. The normalized spacial score (nSPS) is 17.6. The first-order valence-corrected chi connectivity index (χ1v) is 12.7. The van der Waals surface area contributed by atoms with Crippen LogP contribution in [0.1, 0.15) is 49.9 Å². The zero-order chi connectivity index (χ0) is 26.5. The van der Waals surface area contributed by atoms with Crippen molar-refractivity contribution in [3.8, 4) is 0 Å². The van der Waals surface area contributed by atoms with Gasteiger partial charge >= 0.3 is 12.1 Å². The fourth-order valence-electron chi connectivity index (χ4n) is 3.88. The zero-order valence-corrected chi connectivity index (χ0v) is 20.2. The number of sulfonamides is 1. The fraction of sp³-hybridized carbons (Fsp3) is 0.455. The van der Waals surface area contributed by atoms with Crippen LogP contribution in [0.15, 0.2) is 35.4 Å². The van der Waals surface area contributed by atoms with Crippen molar-refractivity contribution >= 4 is 33.5 Å². The fourth-order valence-corrected chi connectivity index (χ4v) is 4.85. The number of carbonyl (C=O) groups is 2. The van der Waals surface area contributed by atoms with Crippen LogP contribution in [0.25, 0.3) is 0 Å². The third kappa shape index (κ3) is 6.69. The van der Waals surface area contributed by atoms with E-state index in [0.29, 0.717) is 18.7 Å². The molecule has 1 unspecified atom stereocenters. The molecule has 0 spiro atoms. The van der Waals surface area contributed by atoms with E-state index >= 15 is 0 Å². The molecule has 0 aliphatic carbocycles. The van der Waals surface area contributed by atoms with Crippen LogP contribution in [0.3, 0.4) is 0 Å². The van der Waals surface area contributed by atoms with E-state index in [0.717, 1.165) is 43.5 Å². The van der Waals surface area contributed by atoms with Crippen LogP contribution in [-0.4, -0.2) is 54.6 Å². The number of aliphatic carboxylic acids is 1. The van der Waals surface area contributed by atoms with Crippen molar-refractivity contribution in [3.63, 3.8) is 0 Å². The number of amides is 1. The molecule has 2 aliphatic rings. The maximum Gasteiger partial charge on any atom is 0.490 e. The third-order valence-electron chi connectivity index (χ3n) is 5.68. The van der Waals surface area contributed by atoms with Gasteiger partial charge in [-0.05, 0) is 49.6 Å². The van der Waals surface area contributed by atoms with E-state index < -0.39 is 22.2 Å². The average Bonchev–Trinajstić information content (AvgIpc) is 3.27. The van der Waals surface area contributed by atoms with Crippen molar-refractivity contribution in [2.24, 2.45) is 0 Å². The Hall–Kier alpha value is -3.26. The molecule has 36 heavy (non-hydrogen) atoms. The van der Waals surface area contributed by atoms with E-state index in [9.17, 15) is 26.4 Å². The molecule has 196 valence electrons. The van der Waals surface area contributed by atoms with Crippen molar-refractivity contribution in [1.82, 2.24) is 15.3 Å². The number of fused-ring (bicyclic) bond motifs is 1. The van der Waals surface area contributed by atoms with Gasteiger partial charge in [-0.3, -0.25) is 4.79 Å². The van der Waals surface area contributed by atoms with Crippen molar-refractivity contribution < 1.29 is 36.3 Å². The molecule has 1 saturated heterocycles. The summed E-state index contributed by atoms with van der Waals surface area (Å²) in [6, 6.07) is 6.82. The van der Waals surface area contributed by atoms with Gasteiger partial charge in [-0.15, -0.1) is 0 Å². The molecule has 10 nitrogen and oxygen atoms in total. The highest BCUT2D eigenvalue weighted by Crippen LogP contribution is 2.31. The average molecular weight is 530 g/mol. The lowest BCUT2D eigenvalue weighted by atomic mass is 10.0. The second kappa shape index (κ2) is 11.2.